The molecular weight excluding hydrogens is 370 g/mol. The zero-order chi connectivity index (χ0) is 19.9. The van der Waals surface area contributed by atoms with Gasteiger partial charge in [0.2, 0.25) is 0 Å². The lowest BCUT2D eigenvalue weighted by atomic mass is 10.2. The zero-order valence-electron chi connectivity index (χ0n) is 16.5. The Kier molecular flexibility index (Phi) is 6.79. The molecule has 3 aromatic rings. The van der Waals surface area contributed by atoms with Crippen molar-refractivity contribution in [2.45, 2.75) is 6.42 Å². The summed E-state index contributed by atoms with van der Waals surface area (Å²) in [6.07, 6.45) is 4.39. The Morgan fingerprint density at radius 1 is 1.21 bits per heavy atom. The predicted molar refractivity (Wildman–Crippen MR) is 116 cm³/mol. The Morgan fingerprint density at radius 2 is 2.00 bits per heavy atom. The van der Waals surface area contributed by atoms with Gasteiger partial charge >= 0.3 is 0 Å². The molecule has 5 nitrogen and oxygen atoms in total. The van der Waals surface area contributed by atoms with E-state index in [9.17, 15) is 4.79 Å². The first-order valence-electron chi connectivity index (χ1n) is 9.35. The molecule has 3 rings (SSSR count). The van der Waals surface area contributed by atoms with Crippen LogP contribution in [0.4, 0.5) is 5.13 Å². The van der Waals surface area contributed by atoms with Crippen molar-refractivity contribution in [1.29, 1.82) is 0 Å². The maximum atomic E-state index is 13.0. The third kappa shape index (κ3) is 5.18. The number of carbonyl (C=O) groups excluding carboxylic acids is 1. The molecule has 0 unspecified atom stereocenters. The molecule has 0 aliphatic carbocycles. The minimum absolute atomic E-state index is 0.0522. The number of nitrogens with zero attached hydrogens (tertiary/aromatic N) is 2. The number of anilines is 1. The number of nitrogens with one attached hydrogen (secondary N) is 1. The number of amides is 1. The van der Waals surface area contributed by atoms with Crippen LogP contribution < -0.4 is 14.5 Å². The van der Waals surface area contributed by atoms with E-state index in [1.807, 2.05) is 54.6 Å². The molecule has 0 saturated heterocycles. The summed E-state index contributed by atoms with van der Waals surface area (Å²) in [5.41, 5.74) is 1.85. The normalized spacial score (nSPS) is 11.4. The number of hydrogen-bond donors (Lipinski definition) is 1. The molecule has 0 atom stereocenters. The van der Waals surface area contributed by atoms with Crippen LogP contribution >= 0.6 is 11.3 Å². The van der Waals surface area contributed by atoms with Gasteiger partial charge in [-0.25, -0.2) is 4.98 Å². The van der Waals surface area contributed by atoms with Gasteiger partial charge in [0.1, 0.15) is 5.75 Å². The number of quaternary nitrogens is 1. The van der Waals surface area contributed by atoms with E-state index >= 15 is 0 Å². The quantitative estimate of drug-likeness (QED) is 0.596. The molecule has 6 heteroatoms. The second-order valence-corrected chi connectivity index (χ2v) is 7.88. The van der Waals surface area contributed by atoms with E-state index in [1.54, 1.807) is 18.1 Å². The number of fused-ring (bicyclic) bond motifs is 1. The van der Waals surface area contributed by atoms with Crippen LogP contribution in [0.5, 0.6) is 5.75 Å². The molecular formula is C22H26N3O2S+. The topological polar surface area (TPSA) is 46.9 Å². The number of ether oxygens (including phenoxy) is 1. The molecule has 0 bridgehead atoms. The molecule has 0 aliphatic heterocycles. The first kappa shape index (κ1) is 20.0. The number of aromatic nitrogens is 1. The summed E-state index contributed by atoms with van der Waals surface area (Å²) in [6, 6.07) is 15.7. The van der Waals surface area contributed by atoms with Gasteiger partial charge in [0.25, 0.3) is 5.91 Å². The summed E-state index contributed by atoms with van der Waals surface area (Å²) in [5, 5.41) is 0.722. The molecule has 28 heavy (non-hydrogen) atoms. The maximum Gasteiger partial charge on any atom is 0.252 e. The Morgan fingerprint density at radius 3 is 2.71 bits per heavy atom. The van der Waals surface area contributed by atoms with Crippen LogP contribution in [-0.4, -0.2) is 45.2 Å². The van der Waals surface area contributed by atoms with Gasteiger partial charge < -0.3 is 9.64 Å². The molecule has 0 radical (unpaired) electrons. The Bertz CT molecular complexity index is 951. The van der Waals surface area contributed by atoms with Crippen molar-refractivity contribution in [3.8, 4) is 5.75 Å². The van der Waals surface area contributed by atoms with Crippen LogP contribution in [-0.2, 0) is 4.79 Å². The molecule has 0 aliphatic rings. The molecule has 1 N–H and O–H groups in total. The standard InChI is InChI=1S/C22H25N3O2S/c1-24(2)14-7-15-25(21(26)13-10-17-8-5-4-6-9-17)22-23-19-16-18(27-3)11-12-20(19)28-22/h4-6,8-13,16H,7,14-15H2,1-3H3/p+1/b13-10+. The van der Waals surface area contributed by atoms with Crippen molar-refractivity contribution < 1.29 is 14.4 Å². The average molecular weight is 397 g/mol. The van der Waals surface area contributed by atoms with Gasteiger partial charge in [0.05, 0.1) is 38.0 Å². The van der Waals surface area contributed by atoms with Gasteiger partial charge in [-0.2, -0.15) is 0 Å². The van der Waals surface area contributed by atoms with Crippen molar-refractivity contribution in [2.24, 2.45) is 0 Å². The molecule has 0 saturated carbocycles. The van der Waals surface area contributed by atoms with E-state index in [2.05, 4.69) is 14.1 Å². The van der Waals surface area contributed by atoms with Gasteiger partial charge in [-0.1, -0.05) is 41.7 Å². The third-order valence-electron chi connectivity index (χ3n) is 4.36. The van der Waals surface area contributed by atoms with Crippen LogP contribution in [0.2, 0.25) is 0 Å². The monoisotopic (exact) mass is 396 g/mol. The maximum absolute atomic E-state index is 13.0. The van der Waals surface area contributed by atoms with Crippen LogP contribution in [0.25, 0.3) is 16.3 Å². The second kappa shape index (κ2) is 9.48. The number of benzene rings is 2. The average Bonchev–Trinajstić information content (AvgIpc) is 3.12. The Balaban J connectivity index is 1.85. The van der Waals surface area contributed by atoms with E-state index in [0.717, 1.165) is 39.6 Å². The van der Waals surface area contributed by atoms with Crippen molar-refractivity contribution in [3.63, 3.8) is 0 Å². The van der Waals surface area contributed by atoms with Crippen molar-refractivity contribution in [3.05, 3.63) is 60.2 Å². The van der Waals surface area contributed by atoms with Crippen molar-refractivity contribution in [1.82, 2.24) is 4.98 Å². The minimum Gasteiger partial charge on any atom is -0.497 e. The molecule has 1 amide bonds. The Labute approximate surface area is 169 Å². The van der Waals surface area contributed by atoms with Crippen molar-refractivity contribution in [2.75, 3.05) is 39.2 Å². The Hall–Kier alpha value is -2.70. The van der Waals surface area contributed by atoms with Crippen LogP contribution in [0, 0.1) is 0 Å². The van der Waals surface area contributed by atoms with Gasteiger partial charge in [0.15, 0.2) is 5.13 Å². The van der Waals surface area contributed by atoms with Crippen molar-refractivity contribution >= 4 is 38.7 Å². The fourth-order valence-corrected chi connectivity index (χ4v) is 3.83. The molecule has 2 aromatic carbocycles. The number of thiazole rings is 1. The van der Waals surface area contributed by atoms with E-state index in [0.29, 0.717) is 6.54 Å². The fraction of sp³-hybridized carbons (Fsp3) is 0.273. The second-order valence-electron chi connectivity index (χ2n) is 6.87. The lowest BCUT2D eigenvalue weighted by Gasteiger charge is -2.18. The lowest BCUT2D eigenvalue weighted by molar-refractivity contribution is -0.858. The highest BCUT2D eigenvalue weighted by atomic mass is 32.1. The van der Waals surface area contributed by atoms with Crippen LogP contribution in [0.15, 0.2) is 54.6 Å². The fourth-order valence-electron chi connectivity index (χ4n) is 2.85. The smallest absolute Gasteiger partial charge is 0.252 e. The van der Waals surface area contributed by atoms with Gasteiger partial charge in [-0.3, -0.25) is 9.69 Å². The number of carbonyl (C=O) groups is 1. The summed E-state index contributed by atoms with van der Waals surface area (Å²) < 4.78 is 6.33. The molecule has 1 aromatic heterocycles. The van der Waals surface area contributed by atoms with Gasteiger partial charge in [-0.15, -0.1) is 0 Å². The van der Waals surface area contributed by atoms with E-state index in [1.165, 1.54) is 16.2 Å². The summed E-state index contributed by atoms with van der Waals surface area (Å²) in [5.74, 6) is 0.714. The number of rotatable bonds is 8. The first-order valence-corrected chi connectivity index (χ1v) is 10.2. The summed E-state index contributed by atoms with van der Waals surface area (Å²) in [4.78, 5) is 20.8. The SMILES string of the molecule is COc1ccc2sc(N(CCC[NH+](C)C)C(=O)/C=C/c3ccccc3)nc2c1. The summed E-state index contributed by atoms with van der Waals surface area (Å²) >= 11 is 1.53. The molecule has 0 fully saturated rings. The third-order valence-corrected chi connectivity index (χ3v) is 5.42. The minimum atomic E-state index is -0.0522. The summed E-state index contributed by atoms with van der Waals surface area (Å²) in [7, 11) is 5.87. The predicted octanol–water partition coefficient (Wildman–Crippen LogP) is 2.89. The molecule has 146 valence electrons. The molecule has 1 heterocycles. The highest BCUT2D eigenvalue weighted by Crippen LogP contribution is 2.31. The van der Waals surface area contributed by atoms with Crippen LogP contribution in [0.3, 0.4) is 0 Å². The number of hydrogen-bond acceptors (Lipinski definition) is 4. The molecule has 0 spiro atoms. The first-order chi connectivity index (χ1) is 13.6. The summed E-state index contributed by atoms with van der Waals surface area (Å²) in [6.45, 7) is 1.63. The van der Waals surface area contributed by atoms with E-state index < -0.39 is 0 Å². The van der Waals surface area contributed by atoms with Crippen LogP contribution in [0.1, 0.15) is 12.0 Å². The number of methoxy groups -OCH3 is 1. The van der Waals surface area contributed by atoms with E-state index in [-0.39, 0.29) is 5.91 Å². The zero-order valence-corrected chi connectivity index (χ0v) is 17.3. The van der Waals surface area contributed by atoms with E-state index in [4.69, 9.17) is 9.72 Å². The van der Waals surface area contributed by atoms with Gasteiger partial charge in [-0.05, 0) is 23.8 Å². The highest BCUT2D eigenvalue weighted by Gasteiger charge is 2.18. The largest absolute Gasteiger partial charge is 0.497 e. The highest BCUT2D eigenvalue weighted by molar-refractivity contribution is 7.22. The lowest BCUT2D eigenvalue weighted by Crippen LogP contribution is -3.05. The van der Waals surface area contributed by atoms with Gasteiger partial charge in [0, 0.05) is 25.1 Å².